The number of hydrogen-bond donors (Lipinski definition) is 1. The van der Waals surface area contributed by atoms with Crippen molar-refractivity contribution in [3.8, 4) is 0 Å². The second-order valence-electron chi connectivity index (χ2n) is 4.04. The summed E-state index contributed by atoms with van der Waals surface area (Å²) in [6, 6.07) is 8.18. The Morgan fingerprint density at radius 2 is 1.80 bits per heavy atom. The summed E-state index contributed by atoms with van der Waals surface area (Å²) in [4.78, 5) is 8.06. The Balaban J connectivity index is 1.84. The van der Waals surface area contributed by atoms with Gasteiger partial charge in [0.05, 0.1) is 5.56 Å². The fourth-order valence-electron chi connectivity index (χ4n) is 1.69. The summed E-state index contributed by atoms with van der Waals surface area (Å²) in [6.07, 6.45) is -2.77. The predicted molar refractivity (Wildman–Crippen MR) is 66.5 cm³/mol. The Labute approximate surface area is 111 Å². The first kappa shape index (κ1) is 12.5. The third-order valence-electron chi connectivity index (χ3n) is 2.63. The number of benzene rings is 1. The molecule has 3 aromatic rings. The normalized spacial score (nSPS) is 11.8. The third-order valence-corrected chi connectivity index (χ3v) is 2.63. The average Bonchev–Trinajstić information content (AvgIpc) is 2.80. The molecule has 0 fully saturated rings. The van der Waals surface area contributed by atoms with Crippen molar-refractivity contribution in [1.82, 2.24) is 9.97 Å². The quantitative estimate of drug-likeness (QED) is 0.770. The van der Waals surface area contributed by atoms with Gasteiger partial charge in [-0.2, -0.15) is 18.2 Å². The maximum absolute atomic E-state index is 12.4. The van der Waals surface area contributed by atoms with E-state index in [4.69, 9.17) is 4.42 Å². The number of hydrogen-bond acceptors (Lipinski definition) is 4. The van der Waals surface area contributed by atoms with Crippen molar-refractivity contribution in [1.29, 1.82) is 0 Å². The zero-order valence-electron chi connectivity index (χ0n) is 9.98. The van der Waals surface area contributed by atoms with E-state index in [1.54, 1.807) is 18.3 Å². The maximum Gasteiger partial charge on any atom is 0.416 e. The van der Waals surface area contributed by atoms with Gasteiger partial charge in [-0.3, -0.25) is 0 Å². The molecule has 0 aliphatic carbocycles. The van der Waals surface area contributed by atoms with E-state index in [-0.39, 0.29) is 6.01 Å². The summed E-state index contributed by atoms with van der Waals surface area (Å²) >= 11 is 0. The molecule has 2 heterocycles. The van der Waals surface area contributed by atoms with Gasteiger partial charge in [-0.25, -0.2) is 4.98 Å². The van der Waals surface area contributed by atoms with Crippen molar-refractivity contribution in [3.05, 3.63) is 48.2 Å². The average molecular weight is 279 g/mol. The molecule has 0 unspecified atom stereocenters. The van der Waals surface area contributed by atoms with Crippen LogP contribution in [0, 0.1) is 0 Å². The standard InChI is InChI=1S/C13H8F3N3O/c14-13(15,16)8-3-5-9(6-4-8)18-12-19-11-10(20-12)2-1-7-17-11/h1-7H,(H,17,18,19). The van der Waals surface area contributed by atoms with E-state index < -0.39 is 11.7 Å². The second kappa shape index (κ2) is 4.52. The van der Waals surface area contributed by atoms with Crippen molar-refractivity contribution in [2.24, 2.45) is 0 Å². The van der Waals surface area contributed by atoms with Crippen LogP contribution in [0.5, 0.6) is 0 Å². The molecule has 1 aromatic carbocycles. The molecule has 0 radical (unpaired) electrons. The molecule has 0 spiro atoms. The van der Waals surface area contributed by atoms with Crippen LogP contribution in [0.4, 0.5) is 24.9 Å². The van der Waals surface area contributed by atoms with E-state index in [1.165, 1.54) is 12.1 Å². The second-order valence-corrected chi connectivity index (χ2v) is 4.04. The lowest BCUT2D eigenvalue weighted by molar-refractivity contribution is -0.137. The molecule has 0 aliphatic rings. The topological polar surface area (TPSA) is 51.0 Å². The van der Waals surface area contributed by atoms with Gasteiger partial charge in [0.15, 0.2) is 5.58 Å². The minimum Gasteiger partial charge on any atom is -0.422 e. The summed E-state index contributed by atoms with van der Waals surface area (Å²) in [5.74, 6) is 0. The van der Waals surface area contributed by atoms with E-state index in [0.29, 0.717) is 16.9 Å². The summed E-state index contributed by atoms with van der Waals surface area (Å²) in [5.41, 5.74) is 0.677. The van der Waals surface area contributed by atoms with Gasteiger partial charge < -0.3 is 9.73 Å². The number of oxazole rings is 1. The highest BCUT2D eigenvalue weighted by atomic mass is 19.4. The Bertz CT molecular complexity index is 701. The fourth-order valence-corrected chi connectivity index (χ4v) is 1.69. The molecule has 4 nitrogen and oxygen atoms in total. The zero-order valence-corrected chi connectivity index (χ0v) is 9.98. The monoisotopic (exact) mass is 279 g/mol. The van der Waals surface area contributed by atoms with Crippen LogP contribution in [0.25, 0.3) is 11.2 Å². The van der Waals surface area contributed by atoms with Crippen LogP contribution in [0.1, 0.15) is 5.56 Å². The van der Waals surface area contributed by atoms with Gasteiger partial charge >= 0.3 is 12.2 Å². The molecular weight excluding hydrogens is 271 g/mol. The van der Waals surface area contributed by atoms with Crippen molar-refractivity contribution in [2.75, 3.05) is 5.32 Å². The van der Waals surface area contributed by atoms with Crippen LogP contribution in [0.2, 0.25) is 0 Å². The van der Waals surface area contributed by atoms with Crippen LogP contribution in [0.3, 0.4) is 0 Å². The number of alkyl halides is 3. The van der Waals surface area contributed by atoms with Crippen LogP contribution < -0.4 is 5.32 Å². The molecule has 1 N–H and O–H groups in total. The fraction of sp³-hybridized carbons (Fsp3) is 0.0769. The molecule has 0 saturated carbocycles. The van der Waals surface area contributed by atoms with Gasteiger partial charge in [-0.1, -0.05) is 0 Å². The highest BCUT2D eigenvalue weighted by molar-refractivity contribution is 5.70. The van der Waals surface area contributed by atoms with Gasteiger partial charge in [-0.05, 0) is 36.4 Å². The first-order valence-corrected chi connectivity index (χ1v) is 5.68. The summed E-state index contributed by atoms with van der Waals surface area (Å²) in [6.45, 7) is 0. The first-order chi connectivity index (χ1) is 9.52. The molecular formula is C13H8F3N3O. The molecule has 0 aliphatic heterocycles. The molecule has 102 valence electrons. The van der Waals surface area contributed by atoms with Gasteiger partial charge in [0.25, 0.3) is 0 Å². The van der Waals surface area contributed by atoms with Crippen LogP contribution >= 0.6 is 0 Å². The van der Waals surface area contributed by atoms with E-state index in [0.717, 1.165) is 12.1 Å². The number of aromatic nitrogens is 2. The van der Waals surface area contributed by atoms with Gasteiger partial charge in [-0.15, -0.1) is 0 Å². The molecule has 20 heavy (non-hydrogen) atoms. The van der Waals surface area contributed by atoms with Gasteiger partial charge in [0.1, 0.15) is 0 Å². The van der Waals surface area contributed by atoms with Crippen molar-refractivity contribution >= 4 is 22.9 Å². The highest BCUT2D eigenvalue weighted by Gasteiger charge is 2.29. The summed E-state index contributed by atoms with van der Waals surface area (Å²) in [7, 11) is 0. The Morgan fingerprint density at radius 3 is 2.45 bits per heavy atom. The molecule has 0 saturated heterocycles. The molecule has 3 rings (SSSR count). The lowest BCUT2D eigenvalue weighted by Crippen LogP contribution is -2.04. The van der Waals surface area contributed by atoms with Crippen molar-refractivity contribution in [2.45, 2.75) is 6.18 Å². The van der Waals surface area contributed by atoms with E-state index in [9.17, 15) is 13.2 Å². The number of fused-ring (bicyclic) bond motifs is 1. The predicted octanol–water partition coefficient (Wildman–Crippen LogP) is 3.99. The van der Waals surface area contributed by atoms with Gasteiger partial charge in [0.2, 0.25) is 5.65 Å². The minimum atomic E-state index is -4.35. The zero-order chi connectivity index (χ0) is 14.2. The van der Waals surface area contributed by atoms with Gasteiger partial charge in [0, 0.05) is 11.9 Å². The van der Waals surface area contributed by atoms with Crippen LogP contribution in [-0.2, 0) is 6.18 Å². The number of rotatable bonds is 2. The van der Waals surface area contributed by atoms with Crippen LogP contribution in [-0.4, -0.2) is 9.97 Å². The SMILES string of the molecule is FC(F)(F)c1ccc(Nc2nc3ncccc3o2)cc1. The highest BCUT2D eigenvalue weighted by Crippen LogP contribution is 2.30. The number of anilines is 2. The van der Waals surface area contributed by atoms with Crippen LogP contribution in [0.15, 0.2) is 47.0 Å². The summed E-state index contributed by atoms with van der Waals surface area (Å²) in [5, 5.41) is 2.79. The molecule has 0 atom stereocenters. The molecule has 2 aromatic heterocycles. The lowest BCUT2D eigenvalue weighted by atomic mass is 10.2. The smallest absolute Gasteiger partial charge is 0.416 e. The summed E-state index contributed by atoms with van der Waals surface area (Å²) < 4.78 is 42.6. The number of nitrogens with one attached hydrogen (secondary N) is 1. The molecule has 7 heteroatoms. The third kappa shape index (κ3) is 2.42. The lowest BCUT2D eigenvalue weighted by Gasteiger charge is -2.07. The molecule has 0 amide bonds. The minimum absolute atomic E-state index is 0.179. The number of pyridine rings is 1. The Morgan fingerprint density at radius 1 is 1.05 bits per heavy atom. The van der Waals surface area contributed by atoms with E-state index >= 15 is 0 Å². The first-order valence-electron chi connectivity index (χ1n) is 5.68. The van der Waals surface area contributed by atoms with Crippen molar-refractivity contribution in [3.63, 3.8) is 0 Å². The molecule has 0 bridgehead atoms. The largest absolute Gasteiger partial charge is 0.422 e. The number of halogens is 3. The van der Waals surface area contributed by atoms with E-state index in [1.807, 2.05) is 0 Å². The van der Waals surface area contributed by atoms with Crippen molar-refractivity contribution < 1.29 is 17.6 Å². The Hall–Kier alpha value is -2.57. The maximum atomic E-state index is 12.4. The Kier molecular flexibility index (Phi) is 2.81. The van der Waals surface area contributed by atoms with E-state index in [2.05, 4.69) is 15.3 Å². The number of nitrogens with zero attached hydrogens (tertiary/aromatic N) is 2.